The van der Waals surface area contributed by atoms with Crippen molar-refractivity contribution in [3.63, 3.8) is 0 Å². The Morgan fingerprint density at radius 3 is 2.47 bits per heavy atom. The highest BCUT2D eigenvalue weighted by atomic mass is 35.5. The molecule has 0 aliphatic carbocycles. The van der Waals surface area contributed by atoms with Gasteiger partial charge in [-0.15, -0.1) is 0 Å². The Labute approximate surface area is 103 Å². The Balaban J connectivity index is 2.53. The molecular weight excluding hydrogens is 244 g/mol. The molecule has 2 aromatic rings. The summed E-state index contributed by atoms with van der Waals surface area (Å²) in [5, 5.41) is 0.452. The number of hydrogen-bond acceptors (Lipinski definition) is 1. The van der Waals surface area contributed by atoms with Gasteiger partial charge >= 0.3 is 0 Å². The molecule has 4 heteroatoms. The first kappa shape index (κ1) is 12.0. The van der Waals surface area contributed by atoms with E-state index in [9.17, 15) is 8.78 Å². The summed E-state index contributed by atoms with van der Waals surface area (Å²) in [6.07, 6.45) is 0. The molecule has 0 aliphatic heterocycles. The molecule has 1 nitrogen and oxygen atoms in total. The predicted molar refractivity (Wildman–Crippen MR) is 64.7 cm³/mol. The quantitative estimate of drug-likeness (QED) is 0.867. The third-order valence-corrected chi connectivity index (χ3v) is 2.86. The van der Waals surface area contributed by atoms with Crippen LogP contribution in [-0.4, -0.2) is 0 Å². The third-order valence-electron chi connectivity index (χ3n) is 2.51. The Hall–Kier alpha value is -1.45. The van der Waals surface area contributed by atoms with Crippen LogP contribution in [0.2, 0.25) is 5.02 Å². The maximum absolute atomic E-state index is 13.5. The Morgan fingerprint density at radius 2 is 1.82 bits per heavy atom. The van der Waals surface area contributed by atoms with E-state index in [2.05, 4.69) is 0 Å². The van der Waals surface area contributed by atoms with E-state index < -0.39 is 11.6 Å². The smallest absolute Gasteiger partial charge is 0.131 e. The molecule has 0 atom stereocenters. The van der Waals surface area contributed by atoms with Crippen LogP contribution >= 0.6 is 11.6 Å². The molecular formula is C13H10ClF2N. The maximum Gasteiger partial charge on any atom is 0.131 e. The van der Waals surface area contributed by atoms with Crippen LogP contribution in [-0.2, 0) is 6.54 Å². The van der Waals surface area contributed by atoms with Gasteiger partial charge in [0.05, 0.1) is 0 Å². The highest BCUT2D eigenvalue weighted by molar-refractivity contribution is 6.31. The number of benzene rings is 2. The minimum Gasteiger partial charge on any atom is -0.326 e. The summed E-state index contributed by atoms with van der Waals surface area (Å²) in [5.74, 6) is -0.969. The van der Waals surface area contributed by atoms with Crippen molar-refractivity contribution in [3.05, 3.63) is 58.6 Å². The van der Waals surface area contributed by atoms with Crippen LogP contribution in [0.25, 0.3) is 11.1 Å². The SMILES string of the molecule is NCc1ccc(-c2cc(F)ccc2F)cc1Cl. The van der Waals surface area contributed by atoms with Crippen LogP contribution < -0.4 is 5.73 Å². The van der Waals surface area contributed by atoms with E-state index in [4.69, 9.17) is 17.3 Å². The molecule has 2 N–H and O–H groups in total. The Kier molecular flexibility index (Phi) is 3.41. The molecule has 2 rings (SSSR count). The van der Waals surface area contributed by atoms with Gasteiger partial charge in [0, 0.05) is 17.1 Å². The van der Waals surface area contributed by atoms with Crippen LogP contribution in [0.4, 0.5) is 8.78 Å². The van der Waals surface area contributed by atoms with Crippen molar-refractivity contribution in [2.45, 2.75) is 6.54 Å². The fraction of sp³-hybridized carbons (Fsp3) is 0.0769. The highest BCUT2D eigenvalue weighted by Crippen LogP contribution is 2.28. The molecule has 0 amide bonds. The molecule has 0 unspecified atom stereocenters. The zero-order valence-electron chi connectivity index (χ0n) is 8.88. The van der Waals surface area contributed by atoms with Crippen LogP contribution in [0.15, 0.2) is 36.4 Å². The maximum atomic E-state index is 13.5. The predicted octanol–water partition coefficient (Wildman–Crippen LogP) is 3.74. The van der Waals surface area contributed by atoms with Gasteiger partial charge in [-0.2, -0.15) is 0 Å². The second-order valence-corrected chi connectivity index (χ2v) is 4.04. The second-order valence-electron chi connectivity index (χ2n) is 3.63. The normalized spacial score (nSPS) is 10.6. The second kappa shape index (κ2) is 4.82. The van der Waals surface area contributed by atoms with Gasteiger partial charge in [-0.1, -0.05) is 23.7 Å². The molecule has 0 saturated carbocycles. The monoisotopic (exact) mass is 253 g/mol. The average Bonchev–Trinajstić information content (AvgIpc) is 2.32. The summed E-state index contributed by atoms with van der Waals surface area (Å²) < 4.78 is 26.6. The zero-order chi connectivity index (χ0) is 12.4. The van der Waals surface area contributed by atoms with Crippen molar-refractivity contribution in [1.82, 2.24) is 0 Å². The van der Waals surface area contributed by atoms with Crippen molar-refractivity contribution in [3.8, 4) is 11.1 Å². The Bertz CT molecular complexity index is 555. The molecule has 0 heterocycles. The summed E-state index contributed by atoms with van der Waals surface area (Å²) in [6.45, 7) is 0.310. The van der Waals surface area contributed by atoms with Gasteiger partial charge in [0.25, 0.3) is 0 Å². The zero-order valence-corrected chi connectivity index (χ0v) is 9.64. The first-order chi connectivity index (χ1) is 8.11. The van der Waals surface area contributed by atoms with Gasteiger partial charge in [-0.3, -0.25) is 0 Å². The number of nitrogens with two attached hydrogens (primary N) is 1. The van der Waals surface area contributed by atoms with Gasteiger partial charge in [-0.25, -0.2) is 8.78 Å². The topological polar surface area (TPSA) is 26.0 Å². The molecule has 0 fully saturated rings. The van der Waals surface area contributed by atoms with Crippen molar-refractivity contribution >= 4 is 11.6 Å². The van der Waals surface area contributed by atoms with Crippen LogP contribution in [0, 0.1) is 11.6 Å². The van der Waals surface area contributed by atoms with E-state index in [1.54, 1.807) is 18.2 Å². The molecule has 17 heavy (non-hydrogen) atoms. The van der Waals surface area contributed by atoms with E-state index in [1.165, 1.54) is 0 Å². The largest absolute Gasteiger partial charge is 0.326 e. The minimum atomic E-state index is -0.486. The van der Waals surface area contributed by atoms with Gasteiger partial charge in [0.2, 0.25) is 0 Å². The molecule has 2 aromatic carbocycles. The lowest BCUT2D eigenvalue weighted by atomic mass is 10.0. The van der Waals surface area contributed by atoms with Crippen LogP contribution in [0.3, 0.4) is 0 Å². The standard InChI is InChI=1S/C13H10ClF2N/c14-12-5-8(1-2-9(12)7-17)11-6-10(15)3-4-13(11)16/h1-6H,7,17H2. The minimum absolute atomic E-state index is 0.190. The summed E-state index contributed by atoms with van der Waals surface area (Å²) in [5.41, 5.74) is 6.97. The summed E-state index contributed by atoms with van der Waals surface area (Å²) >= 11 is 5.98. The Morgan fingerprint density at radius 1 is 1.06 bits per heavy atom. The van der Waals surface area contributed by atoms with Gasteiger partial charge in [0.15, 0.2) is 0 Å². The summed E-state index contributed by atoms with van der Waals surface area (Å²) in [6, 6.07) is 8.28. The summed E-state index contributed by atoms with van der Waals surface area (Å²) in [7, 11) is 0. The first-order valence-corrected chi connectivity index (χ1v) is 5.43. The fourth-order valence-corrected chi connectivity index (χ4v) is 1.86. The van der Waals surface area contributed by atoms with Gasteiger partial charge < -0.3 is 5.73 Å². The van der Waals surface area contributed by atoms with Crippen molar-refractivity contribution in [2.75, 3.05) is 0 Å². The molecule has 88 valence electrons. The number of rotatable bonds is 2. The van der Waals surface area contributed by atoms with Crippen molar-refractivity contribution < 1.29 is 8.78 Å². The molecule has 0 radical (unpaired) electrons. The third kappa shape index (κ3) is 2.46. The summed E-state index contributed by atoms with van der Waals surface area (Å²) in [4.78, 5) is 0. The van der Waals surface area contributed by atoms with Crippen LogP contribution in [0.5, 0.6) is 0 Å². The molecule has 0 spiro atoms. The van der Waals surface area contributed by atoms with Crippen molar-refractivity contribution in [1.29, 1.82) is 0 Å². The average molecular weight is 254 g/mol. The van der Waals surface area contributed by atoms with E-state index in [1.807, 2.05) is 0 Å². The number of halogens is 3. The number of hydrogen-bond donors (Lipinski definition) is 1. The van der Waals surface area contributed by atoms with Crippen LogP contribution in [0.1, 0.15) is 5.56 Å². The lowest BCUT2D eigenvalue weighted by molar-refractivity contribution is 0.603. The molecule has 0 saturated heterocycles. The van der Waals surface area contributed by atoms with E-state index in [-0.39, 0.29) is 5.56 Å². The van der Waals surface area contributed by atoms with Gasteiger partial charge in [-0.05, 0) is 35.4 Å². The molecule has 0 aliphatic rings. The van der Waals surface area contributed by atoms with E-state index in [0.717, 1.165) is 23.8 Å². The lowest BCUT2D eigenvalue weighted by Crippen LogP contribution is -1.97. The molecule has 0 bridgehead atoms. The van der Waals surface area contributed by atoms with E-state index >= 15 is 0 Å². The first-order valence-electron chi connectivity index (χ1n) is 5.05. The molecule has 0 aromatic heterocycles. The van der Waals surface area contributed by atoms with E-state index in [0.29, 0.717) is 17.1 Å². The van der Waals surface area contributed by atoms with Gasteiger partial charge in [0.1, 0.15) is 11.6 Å². The van der Waals surface area contributed by atoms with Crippen molar-refractivity contribution in [2.24, 2.45) is 5.73 Å². The highest BCUT2D eigenvalue weighted by Gasteiger charge is 2.08. The fourth-order valence-electron chi connectivity index (χ4n) is 1.60. The lowest BCUT2D eigenvalue weighted by Gasteiger charge is -2.07.